The first-order valence-electron chi connectivity index (χ1n) is 3.69. The van der Waals surface area contributed by atoms with Crippen LogP contribution in [-0.4, -0.2) is 31.1 Å². The summed E-state index contributed by atoms with van der Waals surface area (Å²) in [5, 5.41) is 8.84. The van der Waals surface area contributed by atoms with Crippen LogP contribution in [0.3, 0.4) is 0 Å². The Labute approximate surface area is 69.3 Å². The molecule has 0 aliphatic heterocycles. The second kappa shape index (κ2) is 5.37. The largest absolute Gasteiger partial charge is 0.393 e. The SMILES string of the molecule is COCCCC(O)CC(F)(F)F. The van der Waals surface area contributed by atoms with Gasteiger partial charge >= 0.3 is 6.18 Å². The van der Waals surface area contributed by atoms with Crippen molar-refractivity contribution in [2.45, 2.75) is 31.5 Å². The molecular weight excluding hydrogens is 173 g/mol. The first-order chi connectivity index (χ1) is 5.45. The van der Waals surface area contributed by atoms with E-state index in [4.69, 9.17) is 5.11 Å². The third-order valence-corrected chi connectivity index (χ3v) is 1.35. The first-order valence-corrected chi connectivity index (χ1v) is 3.69. The zero-order valence-electron chi connectivity index (χ0n) is 6.90. The minimum Gasteiger partial charge on any atom is -0.393 e. The highest BCUT2D eigenvalue weighted by molar-refractivity contribution is 4.61. The van der Waals surface area contributed by atoms with Crippen molar-refractivity contribution in [1.29, 1.82) is 0 Å². The molecule has 0 heterocycles. The molecule has 5 heteroatoms. The van der Waals surface area contributed by atoms with Crippen molar-refractivity contribution in [3.05, 3.63) is 0 Å². The molecule has 0 aromatic heterocycles. The lowest BCUT2D eigenvalue weighted by molar-refractivity contribution is -0.154. The van der Waals surface area contributed by atoms with Gasteiger partial charge in [-0.2, -0.15) is 13.2 Å². The Morgan fingerprint density at radius 3 is 2.42 bits per heavy atom. The van der Waals surface area contributed by atoms with E-state index in [0.29, 0.717) is 13.0 Å². The summed E-state index contributed by atoms with van der Waals surface area (Å²) in [5.74, 6) is 0. The minimum atomic E-state index is -4.27. The van der Waals surface area contributed by atoms with E-state index in [-0.39, 0.29) is 6.42 Å². The number of rotatable bonds is 5. The molecular formula is C7H13F3O2. The molecule has 1 unspecified atom stereocenters. The van der Waals surface area contributed by atoms with Crippen LogP contribution in [0.15, 0.2) is 0 Å². The van der Waals surface area contributed by atoms with Crippen molar-refractivity contribution < 1.29 is 23.0 Å². The van der Waals surface area contributed by atoms with Crippen LogP contribution in [0.2, 0.25) is 0 Å². The molecule has 0 aliphatic carbocycles. The molecule has 12 heavy (non-hydrogen) atoms. The van der Waals surface area contributed by atoms with Gasteiger partial charge in [-0.3, -0.25) is 0 Å². The predicted octanol–water partition coefficient (Wildman–Crippen LogP) is 1.73. The van der Waals surface area contributed by atoms with Crippen LogP contribution in [0, 0.1) is 0 Å². The van der Waals surface area contributed by atoms with E-state index < -0.39 is 18.7 Å². The first kappa shape index (κ1) is 11.7. The Morgan fingerprint density at radius 1 is 1.42 bits per heavy atom. The third-order valence-electron chi connectivity index (χ3n) is 1.35. The molecule has 0 fully saturated rings. The van der Waals surface area contributed by atoms with Crippen LogP contribution in [0.5, 0.6) is 0 Å². The van der Waals surface area contributed by atoms with Gasteiger partial charge in [0.25, 0.3) is 0 Å². The van der Waals surface area contributed by atoms with E-state index in [1.54, 1.807) is 0 Å². The molecule has 1 atom stereocenters. The van der Waals surface area contributed by atoms with Gasteiger partial charge in [0.2, 0.25) is 0 Å². The van der Waals surface area contributed by atoms with Gasteiger partial charge in [-0.05, 0) is 12.8 Å². The van der Waals surface area contributed by atoms with Gasteiger partial charge < -0.3 is 9.84 Å². The summed E-state index contributed by atoms with van der Waals surface area (Å²) >= 11 is 0. The fourth-order valence-electron chi connectivity index (χ4n) is 0.833. The minimum absolute atomic E-state index is 0.132. The Morgan fingerprint density at radius 2 is 2.00 bits per heavy atom. The summed E-state index contributed by atoms with van der Waals surface area (Å²) in [6, 6.07) is 0. The van der Waals surface area contributed by atoms with E-state index in [2.05, 4.69) is 4.74 Å². The van der Waals surface area contributed by atoms with Crippen molar-refractivity contribution in [3.8, 4) is 0 Å². The number of hydrogen-bond donors (Lipinski definition) is 1. The zero-order valence-corrected chi connectivity index (χ0v) is 6.90. The molecule has 74 valence electrons. The van der Waals surface area contributed by atoms with Crippen LogP contribution in [0.1, 0.15) is 19.3 Å². The highest BCUT2D eigenvalue weighted by atomic mass is 19.4. The summed E-state index contributed by atoms with van der Waals surface area (Å²) in [5.41, 5.74) is 0. The lowest BCUT2D eigenvalue weighted by Gasteiger charge is -2.12. The normalized spacial score (nSPS) is 14.8. The topological polar surface area (TPSA) is 29.5 Å². The van der Waals surface area contributed by atoms with Crippen molar-refractivity contribution in [1.82, 2.24) is 0 Å². The van der Waals surface area contributed by atoms with Gasteiger partial charge in [0, 0.05) is 13.7 Å². The summed E-state index contributed by atoms with van der Waals surface area (Å²) in [6.07, 6.45) is -6.11. The van der Waals surface area contributed by atoms with E-state index in [1.165, 1.54) is 7.11 Å². The molecule has 0 rings (SSSR count). The van der Waals surface area contributed by atoms with Crippen LogP contribution >= 0.6 is 0 Å². The summed E-state index contributed by atoms with van der Waals surface area (Å²) in [6.45, 7) is 0.384. The highest BCUT2D eigenvalue weighted by Crippen LogP contribution is 2.22. The molecule has 0 aromatic rings. The molecule has 0 saturated carbocycles. The summed E-state index contributed by atoms with van der Waals surface area (Å²) in [4.78, 5) is 0. The molecule has 0 amide bonds. The highest BCUT2D eigenvalue weighted by Gasteiger charge is 2.30. The molecule has 2 nitrogen and oxygen atoms in total. The van der Waals surface area contributed by atoms with Crippen LogP contribution in [0.4, 0.5) is 13.2 Å². The van der Waals surface area contributed by atoms with Crippen molar-refractivity contribution >= 4 is 0 Å². The maximum absolute atomic E-state index is 11.6. The Hall–Kier alpha value is -0.290. The van der Waals surface area contributed by atoms with E-state index in [0.717, 1.165) is 0 Å². The molecule has 0 saturated heterocycles. The van der Waals surface area contributed by atoms with Crippen LogP contribution in [0.25, 0.3) is 0 Å². The molecule has 0 aliphatic rings. The second-order valence-electron chi connectivity index (χ2n) is 2.61. The number of methoxy groups -OCH3 is 1. The number of alkyl halides is 3. The maximum Gasteiger partial charge on any atom is 0.391 e. The average molecular weight is 186 g/mol. The number of aliphatic hydroxyl groups is 1. The van der Waals surface area contributed by atoms with Gasteiger partial charge in [0.15, 0.2) is 0 Å². The smallest absolute Gasteiger partial charge is 0.391 e. The van der Waals surface area contributed by atoms with Gasteiger partial charge in [-0.1, -0.05) is 0 Å². The summed E-state index contributed by atoms with van der Waals surface area (Å²) in [7, 11) is 1.47. The molecule has 0 spiro atoms. The van der Waals surface area contributed by atoms with Gasteiger partial charge in [0.1, 0.15) is 0 Å². The monoisotopic (exact) mass is 186 g/mol. The van der Waals surface area contributed by atoms with Crippen LogP contribution in [-0.2, 0) is 4.74 Å². The third kappa shape index (κ3) is 7.81. The molecule has 0 radical (unpaired) electrons. The molecule has 0 bridgehead atoms. The van der Waals surface area contributed by atoms with E-state index in [9.17, 15) is 13.2 Å². The molecule has 0 aromatic carbocycles. The van der Waals surface area contributed by atoms with E-state index >= 15 is 0 Å². The quantitative estimate of drug-likeness (QED) is 0.662. The van der Waals surface area contributed by atoms with E-state index in [1.807, 2.05) is 0 Å². The number of ether oxygens (including phenoxy) is 1. The average Bonchev–Trinajstić information content (AvgIpc) is 1.84. The van der Waals surface area contributed by atoms with Crippen LogP contribution < -0.4 is 0 Å². The zero-order chi connectivity index (χ0) is 9.61. The number of aliphatic hydroxyl groups excluding tert-OH is 1. The Kier molecular flexibility index (Phi) is 5.24. The lowest BCUT2D eigenvalue weighted by atomic mass is 10.1. The van der Waals surface area contributed by atoms with Gasteiger partial charge in [-0.25, -0.2) is 0 Å². The molecule has 1 N–H and O–H groups in total. The number of halogens is 3. The lowest BCUT2D eigenvalue weighted by Crippen LogP contribution is -2.19. The van der Waals surface area contributed by atoms with Gasteiger partial charge in [-0.15, -0.1) is 0 Å². The van der Waals surface area contributed by atoms with Gasteiger partial charge in [0.05, 0.1) is 12.5 Å². The van der Waals surface area contributed by atoms with Crippen molar-refractivity contribution in [3.63, 3.8) is 0 Å². The van der Waals surface area contributed by atoms with Crippen molar-refractivity contribution in [2.75, 3.05) is 13.7 Å². The Bertz CT molecular complexity index is 114. The number of hydrogen-bond acceptors (Lipinski definition) is 2. The summed E-state index contributed by atoms with van der Waals surface area (Å²) < 4.78 is 39.5. The Balaban J connectivity index is 3.40. The van der Waals surface area contributed by atoms with Crippen molar-refractivity contribution in [2.24, 2.45) is 0 Å². The second-order valence-corrected chi connectivity index (χ2v) is 2.61. The fourth-order valence-corrected chi connectivity index (χ4v) is 0.833. The standard InChI is InChI=1S/C7H13F3O2/c1-12-4-2-3-6(11)5-7(8,9)10/h6,11H,2-5H2,1H3. The predicted molar refractivity (Wildman–Crippen MR) is 37.8 cm³/mol. The maximum atomic E-state index is 11.6. The fraction of sp³-hybridized carbons (Fsp3) is 1.00.